The van der Waals surface area contributed by atoms with Crippen LogP contribution in [0.5, 0.6) is 0 Å². The number of carbonyl (C=O) groups is 2. The summed E-state index contributed by atoms with van der Waals surface area (Å²) in [5.74, 6) is -0.248. The average molecular weight is 435 g/mol. The maximum absolute atomic E-state index is 12.4. The van der Waals surface area contributed by atoms with E-state index in [0.29, 0.717) is 27.5 Å². The van der Waals surface area contributed by atoms with Gasteiger partial charge in [0.2, 0.25) is 12.1 Å². The highest BCUT2D eigenvalue weighted by Gasteiger charge is 2.33. The molecule has 2 heterocycles. The van der Waals surface area contributed by atoms with Gasteiger partial charge in [-0.3, -0.25) is 9.59 Å². The van der Waals surface area contributed by atoms with Gasteiger partial charge in [-0.2, -0.15) is 5.01 Å². The summed E-state index contributed by atoms with van der Waals surface area (Å²) >= 11 is 5.95. The number of aromatic nitrogens is 1. The van der Waals surface area contributed by atoms with Crippen LogP contribution in [0.25, 0.3) is 0 Å². The van der Waals surface area contributed by atoms with Gasteiger partial charge in [0.15, 0.2) is 0 Å². The van der Waals surface area contributed by atoms with Crippen LogP contribution in [0.2, 0.25) is 5.02 Å². The highest BCUT2D eigenvalue weighted by molar-refractivity contribution is 6.31. The molecule has 0 spiro atoms. The molecule has 0 bridgehead atoms. The Morgan fingerprint density at radius 1 is 1.06 bits per heavy atom. The Hall–Kier alpha value is -3.71. The van der Waals surface area contributed by atoms with Crippen molar-refractivity contribution in [3.05, 3.63) is 94.3 Å². The van der Waals surface area contributed by atoms with E-state index < -0.39 is 6.23 Å². The fraction of sp³-hybridized carbons (Fsp3) is 0.130. The number of nitrogens with zero attached hydrogens (tertiary/aromatic N) is 3. The normalized spacial score (nSPS) is 15.3. The Bertz CT molecular complexity index is 1180. The van der Waals surface area contributed by atoms with E-state index in [-0.39, 0.29) is 17.7 Å². The number of hydrogen-bond donors (Lipinski definition) is 1. The Balaban J connectivity index is 1.51. The van der Waals surface area contributed by atoms with E-state index in [1.807, 2.05) is 19.1 Å². The molecule has 2 amide bonds. The molecule has 0 radical (unpaired) electrons. The molecule has 1 N–H and O–H groups in total. The van der Waals surface area contributed by atoms with Gasteiger partial charge in [0.05, 0.1) is 0 Å². The van der Waals surface area contributed by atoms with Gasteiger partial charge in [0, 0.05) is 34.5 Å². The maximum Gasteiger partial charge on any atom is 0.259 e. The third-order valence-electron chi connectivity index (χ3n) is 4.61. The van der Waals surface area contributed by atoms with E-state index in [4.69, 9.17) is 16.3 Å². The maximum atomic E-state index is 12.4. The zero-order chi connectivity index (χ0) is 22.0. The lowest BCUT2D eigenvalue weighted by Crippen LogP contribution is -2.25. The van der Waals surface area contributed by atoms with E-state index in [2.05, 4.69) is 15.4 Å². The lowest BCUT2D eigenvalue weighted by Gasteiger charge is -2.19. The molecular formula is C23H19ClN4O3. The van der Waals surface area contributed by atoms with Crippen LogP contribution in [0.3, 0.4) is 0 Å². The number of rotatable bonds is 4. The first-order valence-corrected chi connectivity index (χ1v) is 9.94. The van der Waals surface area contributed by atoms with Crippen LogP contribution in [-0.2, 0) is 9.53 Å². The minimum absolute atomic E-state index is 0.258. The van der Waals surface area contributed by atoms with Crippen LogP contribution < -0.4 is 5.32 Å². The van der Waals surface area contributed by atoms with Gasteiger partial charge in [0.25, 0.3) is 11.8 Å². The predicted molar refractivity (Wildman–Crippen MR) is 118 cm³/mol. The van der Waals surface area contributed by atoms with Gasteiger partial charge in [0.1, 0.15) is 5.69 Å². The van der Waals surface area contributed by atoms with E-state index >= 15 is 0 Å². The standard InChI is InChI=1S/C23H19ClN4O3/c1-14-5-3-8-20(25-14)22-27-28(15(2)29)23(31-22)16-9-11-19(12-10-16)26-21(30)17-6-4-7-18(24)13-17/h3-13,23H,1-2H3,(H,26,30)/t23-/m1/s1. The summed E-state index contributed by atoms with van der Waals surface area (Å²) in [7, 11) is 0. The molecule has 2 aromatic carbocycles. The lowest BCUT2D eigenvalue weighted by atomic mass is 10.1. The number of ether oxygens (including phenoxy) is 1. The first-order chi connectivity index (χ1) is 14.9. The summed E-state index contributed by atoms with van der Waals surface area (Å²) in [6.45, 7) is 3.29. The van der Waals surface area contributed by atoms with Crippen LogP contribution in [0, 0.1) is 6.92 Å². The van der Waals surface area contributed by atoms with Crippen LogP contribution >= 0.6 is 11.6 Å². The van der Waals surface area contributed by atoms with Gasteiger partial charge in [-0.25, -0.2) is 4.98 Å². The van der Waals surface area contributed by atoms with Gasteiger partial charge in [-0.05, 0) is 49.4 Å². The molecule has 1 aliphatic rings. The largest absolute Gasteiger partial charge is 0.445 e. The molecule has 3 aromatic rings. The number of amides is 2. The van der Waals surface area contributed by atoms with Crippen molar-refractivity contribution in [3.8, 4) is 0 Å². The fourth-order valence-electron chi connectivity index (χ4n) is 3.11. The molecule has 7 nitrogen and oxygen atoms in total. The molecule has 8 heteroatoms. The third-order valence-corrected chi connectivity index (χ3v) is 4.85. The number of halogens is 1. The van der Waals surface area contributed by atoms with Gasteiger partial charge in [-0.1, -0.05) is 35.9 Å². The molecule has 156 valence electrons. The van der Waals surface area contributed by atoms with Gasteiger partial charge < -0.3 is 10.1 Å². The summed E-state index contributed by atoms with van der Waals surface area (Å²) in [5, 5.41) is 8.90. The number of carbonyl (C=O) groups excluding carboxylic acids is 2. The molecule has 1 aromatic heterocycles. The highest BCUT2D eigenvalue weighted by atomic mass is 35.5. The van der Waals surface area contributed by atoms with Crippen molar-refractivity contribution in [3.63, 3.8) is 0 Å². The number of pyridine rings is 1. The van der Waals surface area contributed by atoms with Crippen molar-refractivity contribution in [2.45, 2.75) is 20.1 Å². The number of benzene rings is 2. The quantitative estimate of drug-likeness (QED) is 0.653. The second kappa shape index (κ2) is 8.57. The second-order valence-corrected chi connectivity index (χ2v) is 7.43. The first-order valence-electron chi connectivity index (χ1n) is 9.57. The lowest BCUT2D eigenvalue weighted by molar-refractivity contribution is -0.135. The van der Waals surface area contributed by atoms with Crippen molar-refractivity contribution >= 4 is 35.0 Å². The number of hydrogen-bond acceptors (Lipinski definition) is 5. The minimum Gasteiger partial charge on any atom is -0.445 e. The first kappa shape index (κ1) is 20.6. The zero-order valence-electron chi connectivity index (χ0n) is 16.9. The summed E-state index contributed by atoms with van der Waals surface area (Å²) in [4.78, 5) is 28.9. The van der Waals surface area contributed by atoms with E-state index in [1.54, 1.807) is 54.6 Å². The smallest absolute Gasteiger partial charge is 0.259 e. The molecule has 0 aliphatic carbocycles. The van der Waals surface area contributed by atoms with Crippen LogP contribution in [0.4, 0.5) is 5.69 Å². The van der Waals surface area contributed by atoms with Crippen molar-refractivity contribution in [1.82, 2.24) is 9.99 Å². The molecule has 4 rings (SSSR count). The summed E-state index contributed by atoms with van der Waals surface area (Å²) < 4.78 is 5.96. The molecule has 1 aliphatic heterocycles. The topological polar surface area (TPSA) is 83.9 Å². The molecule has 0 saturated carbocycles. The Labute approximate surface area is 184 Å². The average Bonchev–Trinajstić information content (AvgIpc) is 3.20. The molecule has 0 fully saturated rings. The van der Waals surface area contributed by atoms with Gasteiger partial charge in [-0.15, -0.1) is 5.10 Å². The van der Waals surface area contributed by atoms with Crippen molar-refractivity contribution in [1.29, 1.82) is 0 Å². The molecular weight excluding hydrogens is 416 g/mol. The van der Waals surface area contributed by atoms with Crippen molar-refractivity contribution in [2.24, 2.45) is 5.10 Å². The van der Waals surface area contributed by atoms with E-state index in [1.165, 1.54) is 11.9 Å². The third kappa shape index (κ3) is 4.57. The molecule has 0 unspecified atom stereocenters. The Morgan fingerprint density at radius 3 is 2.48 bits per heavy atom. The van der Waals surface area contributed by atoms with Crippen molar-refractivity contribution < 1.29 is 14.3 Å². The van der Waals surface area contributed by atoms with Crippen molar-refractivity contribution in [2.75, 3.05) is 5.32 Å². The number of nitrogens with one attached hydrogen (secondary N) is 1. The summed E-state index contributed by atoms with van der Waals surface area (Å²) in [6, 6.07) is 19.2. The van der Waals surface area contributed by atoms with E-state index in [0.717, 1.165) is 5.69 Å². The molecule has 31 heavy (non-hydrogen) atoms. The monoisotopic (exact) mass is 434 g/mol. The zero-order valence-corrected chi connectivity index (χ0v) is 17.6. The molecule has 0 saturated heterocycles. The molecule has 1 atom stereocenters. The number of anilines is 1. The highest BCUT2D eigenvalue weighted by Crippen LogP contribution is 2.30. The number of aryl methyl sites for hydroxylation is 1. The number of hydrazone groups is 1. The van der Waals surface area contributed by atoms with Crippen LogP contribution in [-0.4, -0.2) is 27.7 Å². The SMILES string of the molecule is CC(=O)N1N=C(c2cccc(C)n2)O[C@@H]1c1ccc(NC(=O)c2cccc(Cl)c2)cc1. The Kier molecular flexibility index (Phi) is 5.68. The van der Waals surface area contributed by atoms with E-state index in [9.17, 15) is 9.59 Å². The predicted octanol–water partition coefficient (Wildman–Crippen LogP) is 4.53. The fourth-order valence-corrected chi connectivity index (χ4v) is 3.30. The second-order valence-electron chi connectivity index (χ2n) is 6.99. The van der Waals surface area contributed by atoms with Crippen LogP contribution in [0.15, 0.2) is 71.8 Å². The summed E-state index contributed by atoms with van der Waals surface area (Å²) in [5.41, 5.74) is 3.15. The summed E-state index contributed by atoms with van der Waals surface area (Å²) in [6.07, 6.45) is -0.715. The minimum atomic E-state index is -0.715. The van der Waals surface area contributed by atoms with Crippen LogP contribution in [0.1, 0.15) is 40.5 Å². The Morgan fingerprint density at radius 2 is 1.81 bits per heavy atom. The van der Waals surface area contributed by atoms with Gasteiger partial charge >= 0.3 is 0 Å².